The van der Waals surface area contributed by atoms with Gasteiger partial charge in [0.05, 0.1) is 18.7 Å². The summed E-state index contributed by atoms with van der Waals surface area (Å²) in [5, 5.41) is 5.61. The maximum absolute atomic E-state index is 11.6. The van der Waals surface area contributed by atoms with Crippen LogP contribution in [0.1, 0.15) is 13.3 Å². The number of rotatable bonds is 3. The predicted molar refractivity (Wildman–Crippen MR) is 65.8 cm³/mol. The number of pyridine rings is 1. The van der Waals surface area contributed by atoms with Crippen molar-refractivity contribution in [2.45, 2.75) is 13.3 Å². The summed E-state index contributed by atoms with van der Waals surface area (Å²) in [7, 11) is 0. The molecule has 1 aromatic rings. The lowest BCUT2D eigenvalue weighted by molar-refractivity contribution is -0.142. The van der Waals surface area contributed by atoms with Crippen LogP contribution in [-0.2, 0) is 14.3 Å². The Morgan fingerprint density at radius 2 is 2.28 bits per heavy atom. The lowest BCUT2D eigenvalue weighted by atomic mass is 10.3. The van der Waals surface area contributed by atoms with Gasteiger partial charge in [-0.1, -0.05) is 0 Å². The monoisotopic (exact) mass is 247 g/mol. The van der Waals surface area contributed by atoms with Crippen molar-refractivity contribution < 1.29 is 14.3 Å². The standard InChI is InChI=1S/C12H13N3O3/c1-2-18-11(17)7-8-6-10(16)15-9-4-3-5-13-12(9)14-8/h3-6H,2,7H2,1H3,(H,13,14)(H,15,16). The molecule has 0 radical (unpaired) electrons. The first kappa shape index (κ1) is 12.1. The molecule has 1 aliphatic heterocycles. The van der Waals surface area contributed by atoms with Gasteiger partial charge < -0.3 is 15.4 Å². The van der Waals surface area contributed by atoms with Gasteiger partial charge >= 0.3 is 5.97 Å². The van der Waals surface area contributed by atoms with E-state index in [0.29, 0.717) is 23.8 Å². The summed E-state index contributed by atoms with van der Waals surface area (Å²) in [5.74, 6) is -0.170. The molecule has 1 aromatic heterocycles. The highest BCUT2D eigenvalue weighted by Gasteiger charge is 2.16. The van der Waals surface area contributed by atoms with E-state index in [1.54, 1.807) is 25.3 Å². The van der Waals surface area contributed by atoms with Crippen LogP contribution >= 0.6 is 0 Å². The minimum atomic E-state index is -0.386. The van der Waals surface area contributed by atoms with E-state index < -0.39 is 0 Å². The third-order valence-electron chi connectivity index (χ3n) is 2.29. The second-order valence-corrected chi connectivity index (χ2v) is 3.67. The third-order valence-corrected chi connectivity index (χ3v) is 2.29. The molecule has 2 rings (SSSR count). The van der Waals surface area contributed by atoms with E-state index in [4.69, 9.17) is 4.74 Å². The topological polar surface area (TPSA) is 80.3 Å². The van der Waals surface area contributed by atoms with Gasteiger partial charge in [-0.3, -0.25) is 9.59 Å². The maximum atomic E-state index is 11.6. The zero-order chi connectivity index (χ0) is 13.0. The minimum absolute atomic E-state index is 0.0112. The van der Waals surface area contributed by atoms with Gasteiger partial charge in [-0.15, -0.1) is 0 Å². The van der Waals surface area contributed by atoms with Gasteiger partial charge in [0.25, 0.3) is 0 Å². The Labute approximate surface area is 104 Å². The van der Waals surface area contributed by atoms with Crippen molar-refractivity contribution >= 4 is 23.4 Å². The van der Waals surface area contributed by atoms with E-state index in [1.165, 1.54) is 6.08 Å². The predicted octanol–water partition coefficient (Wildman–Crippen LogP) is 1.28. The summed E-state index contributed by atoms with van der Waals surface area (Å²) in [6, 6.07) is 3.45. The average Bonchev–Trinajstić information content (AvgIpc) is 2.46. The molecular weight excluding hydrogens is 234 g/mol. The summed E-state index contributed by atoms with van der Waals surface area (Å²) in [6.45, 7) is 2.05. The number of aromatic nitrogens is 1. The SMILES string of the molecule is CCOC(=O)CC1=CC(=O)Nc2cccnc2N1. The number of hydrogen-bond donors (Lipinski definition) is 2. The van der Waals surface area contributed by atoms with Crippen molar-refractivity contribution in [2.24, 2.45) is 0 Å². The van der Waals surface area contributed by atoms with E-state index in [9.17, 15) is 9.59 Å². The van der Waals surface area contributed by atoms with Crippen LogP contribution in [0.25, 0.3) is 0 Å². The van der Waals surface area contributed by atoms with Gasteiger partial charge in [0.2, 0.25) is 5.91 Å². The molecule has 0 saturated carbocycles. The zero-order valence-corrected chi connectivity index (χ0v) is 9.90. The third kappa shape index (κ3) is 2.85. The molecule has 94 valence electrons. The molecule has 2 heterocycles. The van der Waals surface area contributed by atoms with Crippen molar-refractivity contribution in [3.8, 4) is 0 Å². The van der Waals surface area contributed by atoms with Gasteiger partial charge in [0, 0.05) is 18.0 Å². The van der Waals surface area contributed by atoms with Crippen LogP contribution in [0.15, 0.2) is 30.1 Å². The number of anilines is 2. The van der Waals surface area contributed by atoms with Crippen LogP contribution in [-0.4, -0.2) is 23.5 Å². The molecule has 0 saturated heterocycles. The Morgan fingerprint density at radius 3 is 3.06 bits per heavy atom. The molecular formula is C12H13N3O3. The molecule has 0 atom stereocenters. The molecule has 0 fully saturated rings. The minimum Gasteiger partial charge on any atom is -0.466 e. The van der Waals surface area contributed by atoms with Gasteiger partial charge in [0.1, 0.15) is 0 Å². The number of nitrogens with one attached hydrogen (secondary N) is 2. The van der Waals surface area contributed by atoms with Crippen molar-refractivity contribution in [2.75, 3.05) is 17.2 Å². The largest absolute Gasteiger partial charge is 0.466 e. The number of hydrogen-bond acceptors (Lipinski definition) is 5. The summed E-state index contributed by atoms with van der Waals surface area (Å²) in [5.41, 5.74) is 1.04. The van der Waals surface area contributed by atoms with Gasteiger partial charge in [0.15, 0.2) is 5.82 Å². The first-order valence-corrected chi connectivity index (χ1v) is 5.58. The fourth-order valence-electron chi connectivity index (χ4n) is 1.58. The molecule has 0 aromatic carbocycles. The van der Waals surface area contributed by atoms with E-state index in [2.05, 4.69) is 15.6 Å². The molecule has 0 bridgehead atoms. The Hall–Kier alpha value is -2.37. The highest BCUT2D eigenvalue weighted by atomic mass is 16.5. The van der Waals surface area contributed by atoms with Crippen molar-refractivity contribution in [3.05, 3.63) is 30.1 Å². The number of carbonyl (C=O) groups is 2. The first-order valence-electron chi connectivity index (χ1n) is 5.58. The Morgan fingerprint density at radius 1 is 1.44 bits per heavy atom. The first-order chi connectivity index (χ1) is 8.69. The van der Waals surface area contributed by atoms with Crippen molar-refractivity contribution in [1.82, 2.24) is 4.98 Å². The number of fused-ring (bicyclic) bond motifs is 1. The van der Waals surface area contributed by atoms with Gasteiger partial charge in [-0.05, 0) is 19.1 Å². The summed E-state index contributed by atoms with van der Waals surface area (Å²) >= 11 is 0. The molecule has 0 unspecified atom stereocenters. The van der Waals surface area contributed by atoms with Gasteiger partial charge in [-0.25, -0.2) is 4.98 Å². The van der Waals surface area contributed by atoms with E-state index in [-0.39, 0.29) is 18.3 Å². The quantitative estimate of drug-likeness (QED) is 0.786. The highest BCUT2D eigenvalue weighted by molar-refractivity contribution is 6.03. The number of carbonyl (C=O) groups excluding carboxylic acids is 2. The van der Waals surface area contributed by atoms with E-state index in [0.717, 1.165) is 0 Å². The summed E-state index contributed by atoms with van der Waals surface area (Å²) in [4.78, 5) is 27.1. The molecule has 0 aliphatic carbocycles. The summed E-state index contributed by atoms with van der Waals surface area (Å²) in [6.07, 6.45) is 2.95. The number of amides is 1. The molecule has 1 aliphatic rings. The fourth-order valence-corrected chi connectivity index (χ4v) is 1.58. The van der Waals surface area contributed by atoms with Crippen molar-refractivity contribution in [1.29, 1.82) is 0 Å². The molecule has 6 heteroatoms. The van der Waals surface area contributed by atoms with Crippen LogP contribution in [0.4, 0.5) is 11.5 Å². The van der Waals surface area contributed by atoms with E-state index in [1.807, 2.05) is 0 Å². The zero-order valence-electron chi connectivity index (χ0n) is 9.90. The second kappa shape index (κ2) is 5.31. The van der Waals surface area contributed by atoms with Crippen LogP contribution < -0.4 is 10.6 Å². The average molecular weight is 247 g/mol. The number of esters is 1. The normalized spacial score (nSPS) is 13.6. The molecule has 0 spiro atoms. The van der Waals surface area contributed by atoms with Crippen LogP contribution in [0.3, 0.4) is 0 Å². The number of ether oxygens (including phenoxy) is 1. The maximum Gasteiger partial charge on any atom is 0.311 e. The van der Waals surface area contributed by atoms with Crippen LogP contribution in [0.2, 0.25) is 0 Å². The van der Waals surface area contributed by atoms with Crippen LogP contribution in [0.5, 0.6) is 0 Å². The molecule has 6 nitrogen and oxygen atoms in total. The fraction of sp³-hybridized carbons (Fsp3) is 0.250. The molecule has 18 heavy (non-hydrogen) atoms. The smallest absolute Gasteiger partial charge is 0.311 e. The van der Waals surface area contributed by atoms with Gasteiger partial charge in [-0.2, -0.15) is 0 Å². The van der Waals surface area contributed by atoms with Crippen molar-refractivity contribution in [3.63, 3.8) is 0 Å². The molecule has 2 N–H and O–H groups in total. The molecule has 1 amide bonds. The Kier molecular flexibility index (Phi) is 3.57. The second-order valence-electron chi connectivity index (χ2n) is 3.67. The summed E-state index contributed by atoms with van der Waals surface area (Å²) < 4.78 is 4.84. The number of nitrogens with zero attached hydrogens (tertiary/aromatic N) is 1. The lowest BCUT2D eigenvalue weighted by Crippen LogP contribution is -2.11. The Bertz CT molecular complexity index is 511. The highest BCUT2D eigenvalue weighted by Crippen LogP contribution is 2.23. The Balaban J connectivity index is 2.17. The lowest BCUT2D eigenvalue weighted by Gasteiger charge is -2.09. The van der Waals surface area contributed by atoms with E-state index >= 15 is 0 Å². The van der Waals surface area contributed by atoms with Crippen LogP contribution in [0, 0.1) is 0 Å².